The number of thiazole rings is 1. The van der Waals surface area contributed by atoms with E-state index >= 15 is 0 Å². The first kappa shape index (κ1) is 17.4. The van der Waals surface area contributed by atoms with Gasteiger partial charge in [0.1, 0.15) is 0 Å². The van der Waals surface area contributed by atoms with Crippen molar-refractivity contribution in [2.24, 2.45) is 0 Å². The Kier molecular flexibility index (Phi) is 5.99. The zero-order chi connectivity index (χ0) is 17.5. The highest BCUT2D eigenvalue weighted by Crippen LogP contribution is 2.15. The molecule has 5 heteroatoms. The number of carbonyl (C=O) groups is 1. The van der Waals surface area contributed by atoms with Gasteiger partial charge in [0.25, 0.3) is 0 Å². The second-order valence-electron chi connectivity index (χ2n) is 5.50. The molecule has 1 N–H and O–H groups in total. The molecule has 0 aliphatic heterocycles. The van der Waals surface area contributed by atoms with E-state index in [0.29, 0.717) is 11.6 Å². The molecule has 0 atom stereocenters. The van der Waals surface area contributed by atoms with Crippen LogP contribution in [-0.4, -0.2) is 10.9 Å². The normalized spacial score (nSPS) is 10.9. The molecule has 0 aliphatic rings. The molecule has 25 heavy (non-hydrogen) atoms. The summed E-state index contributed by atoms with van der Waals surface area (Å²) in [6.45, 7) is 0.426. The van der Waals surface area contributed by atoms with Gasteiger partial charge in [0.15, 0.2) is 0 Å². The van der Waals surface area contributed by atoms with Gasteiger partial charge in [-0.3, -0.25) is 4.79 Å². The van der Waals surface area contributed by atoms with Crippen LogP contribution in [0.15, 0.2) is 66.1 Å². The monoisotopic (exact) mass is 368 g/mol. The van der Waals surface area contributed by atoms with E-state index in [1.165, 1.54) is 11.6 Å². The molecule has 0 saturated carbocycles. The van der Waals surface area contributed by atoms with Gasteiger partial charge in [-0.1, -0.05) is 54.1 Å². The standard InChI is InChI=1S/C20H17ClN2OS/c21-17-9-6-15(7-10-17)8-11-19(24)22-13-18-14-25-20(23-18)12-16-4-2-1-3-5-16/h1-11,14H,12-13H2,(H,22,24)/b11-8+. The molecule has 126 valence electrons. The first-order valence-corrected chi connectivity index (χ1v) is 9.13. The molecule has 0 fully saturated rings. The molecule has 1 amide bonds. The minimum atomic E-state index is -0.146. The van der Waals surface area contributed by atoms with E-state index in [9.17, 15) is 4.79 Å². The molecule has 0 unspecified atom stereocenters. The largest absolute Gasteiger partial charge is 0.347 e. The first-order valence-electron chi connectivity index (χ1n) is 7.88. The molecule has 0 radical (unpaired) electrons. The average molecular weight is 369 g/mol. The van der Waals surface area contributed by atoms with Crippen LogP contribution in [0.25, 0.3) is 6.08 Å². The fraction of sp³-hybridized carbons (Fsp3) is 0.100. The lowest BCUT2D eigenvalue weighted by Gasteiger charge is -1.99. The molecule has 2 aromatic carbocycles. The van der Waals surface area contributed by atoms with E-state index in [4.69, 9.17) is 11.6 Å². The second kappa shape index (κ2) is 8.60. The lowest BCUT2D eigenvalue weighted by atomic mass is 10.2. The maximum absolute atomic E-state index is 11.9. The summed E-state index contributed by atoms with van der Waals surface area (Å²) in [7, 11) is 0. The fourth-order valence-electron chi connectivity index (χ4n) is 2.26. The van der Waals surface area contributed by atoms with Crippen LogP contribution in [0.1, 0.15) is 21.8 Å². The Labute approximate surface area is 156 Å². The smallest absolute Gasteiger partial charge is 0.244 e. The molecule has 3 aromatic rings. The van der Waals surface area contributed by atoms with Gasteiger partial charge in [-0.25, -0.2) is 4.98 Å². The van der Waals surface area contributed by atoms with Crippen molar-refractivity contribution < 1.29 is 4.79 Å². The highest BCUT2D eigenvalue weighted by atomic mass is 35.5. The molecule has 1 aromatic heterocycles. The van der Waals surface area contributed by atoms with Crippen molar-refractivity contribution in [2.45, 2.75) is 13.0 Å². The van der Waals surface area contributed by atoms with Crippen LogP contribution in [-0.2, 0) is 17.8 Å². The summed E-state index contributed by atoms with van der Waals surface area (Å²) in [4.78, 5) is 16.5. The molecular weight excluding hydrogens is 352 g/mol. The topological polar surface area (TPSA) is 42.0 Å². The van der Waals surface area contributed by atoms with Crippen molar-refractivity contribution in [1.29, 1.82) is 0 Å². The second-order valence-corrected chi connectivity index (χ2v) is 6.88. The lowest BCUT2D eigenvalue weighted by Crippen LogP contribution is -2.20. The minimum absolute atomic E-state index is 0.146. The molecule has 0 saturated heterocycles. The number of hydrogen-bond acceptors (Lipinski definition) is 3. The molecule has 0 aliphatic carbocycles. The third-order valence-electron chi connectivity index (χ3n) is 3.54. The van der Waals surface area contributed by atoms with Crippen LogP contribution in [0, 0.1) is 0 Å². The SMILES string of the molecule is O=C(/C=C/c1ccc(Cl)cc1)NCc1csc(Cc2ccccc2)n1. The maximum atomic E-state index is 11.9. The number of carbonyl (C=O) groups excluding carboxylic acids is 1. The number of nitrogens with one attached hydrogen (secondary N) is 1. The fourth-order valence-corrected chi connectivity index (χ4v) is 3.22. The highest BCUT2D eigenvalue weighted by molar-refractivity contribution is 7.09. The van der Waals surface area contributed by atoms with Crippen LogP contribution in [0.2, 0.25) is 5.02 Å². The molecule has 3 rings (SSSR count). The van der Waals surface area contributed by atoms with E-state index in [1.807, 2.05) is 35.7 Å². The Morgan fingerprint density at radius 3 is 2.64 bits per heavy atom. The highest BCUT2D eigenvalue weighted by Gasteiger charge is 2.04. The average Bonchev–Trinajstić information content (AvgIpc) is 3.08. The number of halogens is 1. The zero-order valence-electron chi connectivity index (χ0n) is 13.5. The van der Waals surface area contributed by atoms with Crippen molar-refractivity contribution >= 4 is 34.9 Å². The summed E-state index contributed by atoms with van der Waals surface area (Å²) in [6.07, 6.45) is 4.09. The Hall–Kier alpha value is -2.43. The number of aromatic nitrogens is 1. The van der Waals surface area contributed by atoms with Crippen molar-refractivity contribution in [2.75, 3.05) is 0 Å². The summed E-state index contributed by atoms with van der Waals surface area (Å²) < 4.78 is 0. The Morgan fingerprint density at radius 1 is 1.12 bits per heavy atom. The predicted molar refractivity (Wildman–Crippen MR) is 104 cm³/mol. The van der Waals surface area contributed by atoms with Crippen LogP contribution in [0.3, 0.4) is 0 Å². The molecular formula is C20H17ClN2OS. The molecule has 3 nitrogen and oxygen atoms in total. The molecule has 0 bridgehead atoms. The van der Waals surface area contributed by atoms with E-state index < -0.39 is 0 Å². The van der Waals surface area contributed by atoms with Crippen molar-refractivity contribution in [3.05, 3.63) is 92.9 Å². The molecule has 1 heterocycles. The third kappa shape index (κ3) is 5.55. The van der Waals surface area contributed by atoms with Gasteiger partial charge in [-0.05, 0) is 29.3 Å². The summed E-state index contributed by atoms with van der Waals surface area (Å²) in [5, 5.41) is 6.56. The minimum Gasteiger partial charge on any atom is -0.347 e. The van der Waals surface area contributed by atoms with Gasteiger partial charge in [0, 0.05) is 22.9 Å². The first-order chi connectivity index (χ1) is 12.2. The van der Waals surface area contributed by atoms with Gasteiger partial charge < -0.3 is 5.32 Å². The van der Waals surface area contributed by atoms with Gasteiger partial charge >= 0.3 is 0 Å². The van der Waals surface area contributed by atoms with Gasteiger partial charge in [0.05, 0.1) is 17.2 Å². The van der Waals surface area contributed by atoms with E-state index in [1.54, 1.807) is 29.5 Å². The maximum Gasteiger partial charge on any atom is 0.244 e. The number of amides is 1. The number of hydrogen-bond donors (Lipinski definition) is 1. The number of rotatable bonds is 6. The van der Waals surface area contributed by atoms with Crippen LogP contribution >= 0.6 is 22.9 Å². The summed E-state index contributed by atoms with van der Waals surface area (Å²) in [6, 6.07) is 17.5. The lowest BCUT2D eigenvalue weighted by molar-refractivity contribution is -0.116. The van der Waals surface area contributed by atoms with Crippen molar-refractivity contribution in [3.63, 3.8) is 0 Å². The Bertz CT molecular complexity index is 857. The third-order valence-corrected chi connectivity index (χ3v) is 4.69. The molecule has 0 spiro atoms. The van der Waals surface area contributed by atoms with Crippen molar-refractivity contribution in [1.82, 2.24) is 10.3 Å². The summed E-state index contributed by atoms with van der Waals surface area (Å²) in [5.41, 5.74) is 3.04. The van der Waals surface area contributed by atoms with Crippen LogP contribution in [0.5, 0.6) is 0 Å². The van der Waals surface area contributed by atoms with E-state index in [0.717, 1.165) is 22.7 Å². The van der Waals surface area contributed by atoms with Gasteiger partial charge in [0.2, 0.25) is 5.91 Å². The van der Waals surface area contributed by atoms with Gasteiger partial charge in [-0.2, -0.15) is 0 Å². The van der Waals surface area contributed by atoms with E-state index in [2.05, 4.69) is 22.4 Å². The Balaban J connectivity index is 1.50. The summed E-state index contributed by atoms with van der Waals surface area (Å²) in [5.74, 6) is -0.146. The van der Waals surface area contributed by atoms with Gasteiger partial charge in [-0.15, -0.1) is 11.3 Å². The predicted octanol–water partition coefficient (Wildman–Crippen LogP) is 4.72. The Morgan fingerprint density at radius 2 is 1.88 bits per heavy atom. The van der Waals surface area contributed by atoms with Crippen LogP contribution < -0.4 is 5.32 Å². The number of nitrogens with zero attached hydrogens (tertiary/aromatic N) is 1. The van der Waals surface area contributed by atoms with Crippen molar-refractivity contribution in [3.8, 4) is 0 Å². The quantitative estimate of drug-likeness (QED) is 0.640. The zero-order valence-corrected chi connectivity index (χ0v) is 15.1. The van der Waals surface area contributed by atoms with E-state index in [-0.39, 0.29) is 5.91 Å². The van der Waals surface area contributed by atoms with Crippen LogP contribution in [0.4, 0.5) is 0 Å². The summed E-state index contributed by atoms with van der Waals surface area (Å²) >= 11 is 7.45. The number of benzene rings is 2.